The molecule has 0 aromatic carbocycles. The van der Waals surface area contributed by atoms with Crippen molar-refractivity contribution in [1.82, 2.24) is 0 Å². The highest BCUT2D eigenvalue weighted by Crippen LogP contribution is 2.10. The minimum absolute atomic E-state index is 0.590. The Labute approximate surface area is 103 Å². The Morgan fingerprint density at radius 1 is 1.25 bits per heavy atom. The van der Waals surface area contributed by atoms with E-state index in [1.807, 2.05) is 6.08 Å². The molecule has 0 saturated heterocycles. The zero-order valence-electron chi connectivity index (χ0n) is 10.1. The van der Waals surface area contributed by atoms with Crippen LogP contribution in [0.2, 0.25) is 0 Å². The summed E-state index contributed by atoms with van der Waals surface area (Å²) in [6.45, 7) is 4.82. The van der Waals surface area contributed by atoms with E-state index in [4.69, 9.17) is 17.1 Å². The van der Waals surface area contributed by atoms with Gasteiger partial charge >= 0.3 is 0 Å². The molecule has 4 heteroatoms. The van der Waals surface area contributed by atoms with Gasteiger partial charge in [-0.15, -0.1) is 11.6 Å². The van der Waals surface area contributed by atoms with Crippen LogP contribution < -0.4 is 0 Å². The summed E-state index contributed by atoms with van der Waals surface area (Å²) in [5.41, 5.74) is 10.8. The number of hydrogen-bond donors (Lipinski definition) is 0. The van der Waals surface area contributed by atoms with E-state index in [-0.39, 0.29) is 0 Å². The summed E-state index contributed by atoms with van der Waals surface area (Å²) >= 11 is 5.60. The van der Waals surface area contributed by atoms with Crippen LogP contribution in [0.3, 0.4) is 0 Å². The molecule has 0 aromatic heterocycles. The van der Waals surface area contributed by atoms with Crippen LogP contribution in [0.4, 0.5) is 0 Å². The molecule has 0 fully saturated rings. The lowest BCUT2D eigenvalue weighted by atomic mass is 10.1. The van der Waals surface area contributed by atoms with Crippen molar-refractivity contribution < 1.29 is 0 Å². The van der Waals surface area contributed by atoms with Gasteiger partial charge in [0.1, 0.15) is 0 Å². The molecule has 0 atom stereocenters. The van der Waals surface area contributed by atoms with Crippen molar-refractivity contribution in [1.29, 1.82) is 0 Å². The first-order valence-corrected chi connectivity index (χ1v) is 6.12. The average Bonchev–Trinajstić information content (AvgIpc) is 2.25. The van der Waals surface area contributed by atoms with Crippen LogP contribution in [-0.2, 0) is 0 Å². The molecule has 0 N–H and O–H groups in total. The molecule has 16 heavy (non-hydrogen) atoms. The summed E-state index contributed by atoms with van der Waals surface area (Å²) in [4.78, 5) is 2.72. The molecule has 90 valence electrons. The van der Waals surface area contributed by atoms with Crippen molar-refractivity contribution in [3.8, 4) is 0 Å². The van der Waals surface area contributed by atoms with Gasteiger partial charge < -0.3 is 0 Å². The first kappa shape index (κ1) is 15.1. The largest absolute Gasteiger partial charge is 0.122 e. The van der Waals surface area contributed by atoms with E-state index in [1.54, 1.807) is 0 Å². The maximum Gasteiger partial charge on any atom is 0.0406 e. The number of alkyl halides is 1. The topological polar surface area (TPSA) is 48.8 Å². The third-order valence-electron chi connectivity index (χ3n) is 2.35. The van der Waals surface area contributed by atoms with Gasteiger partial charge in [-0.2, -0.15) is 0 Å². The molecular formula is C12H20ClN3. The van der Waals surface area contributed by atoms with Crippen molar-refractivity contribution >= 4 is 11.6 Å². The molecule has 0 aliphatic rings. The van der Waals surface area contributed by atoms with Gasteiger partial charge in [0.25, 0.3) is 0 Å². The van der Waals surface area contributed by atoms with Crippen LogP contribution in [0.15, 0.2) is 28.4 Å². The molecule has 0 saturated carbocycles. The van der Waals surface area contributed by atoms with Gasteiger partial charge in [-0.3, -0.25) is 0 Å². The smallest absolute Gasteiger partial charge is 0.0406 e. The number of azide groups is 1. The summed E-state index contributed by atoms with van der Waals surface area (Å²) in [5, 5.41) is 3.51. The van der Waals surface area contributed by atoms with Crippen molar-refractivity contribution in [2.24, 2.45) is 5.11 Å². The predicted molar refractivity (Wildman–Crippen MR) is 70.7 cm³/mol. The Kier molecular flexibility index (Phi) is 9.98. The zero-order chi connectivity index (χ0) is 12.2. The molecule has 0 aliphatic heterocycles. The highest BCUT2D eigenvalue weighted by atomic mass is 35.5. The lowest BCUT2D eigenvalue weighted by Gasteiger charge is -2.00. The lowest BCUT2D eigenvalue weighted by molar-refractivity contribution is 0.810. The molecule has 0 heterocycles. The fourth-order valence-electron chi connectivity index (χ4n) is 1.36. The van der Waals surface area contributed by atoms with Crippen LogP contribution in [-0.4, -0.2) is 12.4 Å². The molecule has 3 nitrogen and oxygen atoms in total. The van der Waals surface area contributed by atoms with E-state index >= 15 is 0 Å². The van der Waals surface area contributed by atoms with E-state index in [1.165, 1.54) is 11.1 Å². The van der Waals surface area contributed by atoms with E-state index in [0.717, 1.165) is 25.7 Å². The van der Waals surface area contributed by atoms with E-state index in [0.29, 0.717) is 12.4 Å². The summed E-state index contributed by atoms with van der Waals surface area (Å²) in [6.07, 6.45) is 8.38. The molecule has 0 bridgehead atoms. The summed E-state index contributed by atoms with van der Waals surface area (Å²) in [7, 11) is 0. The molecule has 0 radical (unpaired) electrons. The Hall–Kier alpha value is -0.920. The van der Waals surface area contributed by atoms with E-state index in [2.05, 4.69) is 29.9 Å². The standard InChI is InChI=1S/C12H20ClN3/c1-11(7-4-10-15-16-14)5-3-6-12(2)8-9-13/h5,8H,3-4,6-7,9-10H2,1-2H3. The van der Waals surface area contributed by atoms with Crippen LogP contribution >= 0.6 is 11.6 Å². The monoisotopic (exact) mass is 241 g/mol. The Morgan fingerprint density at radius 3 is 2.56 bits per heavy atom. The average molecular weight is 242 g/mol. The first-order chi connectivity index (χ1) is 7.70. The van der Waals surface area contributed by atoms with Gasteiger partial charge in [-0.25, -0.2) is 0 Å². The van der Waals surface area contributed by atoms with Crippen molar-refractivity contribution in [3.05, 3.63) is 33.7 Å². The molecular weight excluding hydrogens is 222 g/mol. The molecule has 0 aliphatic carbocycles. The third-order valence-corrected chi connectivity index (χ3v) is 2.50. The Morgan fingerprint density at radius 2 is 1.94 bits per heavy atom. The van der Waals surface area contributed by atoms with Crippen LogP contribution in [0.5, 0.6) is 0 Å². The normalized spacial score (nSPS) is 12.4. The quantitative estimate of drug-likeness (QED) is 0.144. The molecule has 0 rings (SSSR count). The molecule has 0 amide bonds. The van der Waals surface area contributed by atoms with Crippen LogP contribution in [0.25, 0.3) is 10.4 Å². The van der Waals surface area contributed by atoms with Gasteiger partial charge in [0.05, 0.1) is 0 Å². The van der Waals surface area contributed by atoms with Crippen molar-refractivity contribution in [2.45, 2.75) is 39.5 Å². The number of nitrogens with zero attached hydrogens (tertiary/aromatic N) is 3. The molecule has 0 unspecified atom stereocenters. The van der Waals surface area contributed by atoms with Gasteiger partial charge in [0.15, 0.2) is 0 Å². The van der Waals surface area contributed by atoms with E-state index < -0.39 is 0 Å². The van der Waals surface area contributed by atoms with Gasteiger partial charge in [0.2, 0.25) is 0 Å². The van der Waals surface area contributed by atoms with Crippen molar-refractivity contribution in [3.63, 3.8) is 0 Å². The van der Waals surface area contributed by atoms with Gasteiger partial charge in [0, 0.05) is 17.3 Å². The maximum absolute atomic E-state index is 8.11. The molecule has 0 spiro atoms. The molecule has 0 aromatic rings. The highest BCUT2D eigenvalue weighted by Gasteiger charge is 1.91. The predicted octanol–water partition coefficient (Wildman–Crippen LogP) is 4.99. The second-order valence-electron chi connectivity index (χ2n) is 3.85. The fourth-order valence-corrected chi connectivity index (χ4v) is 1.62. The number of hydrogen-bond acceptors (Lipinski definition) is 1. The number of allylic oxidation sites excluding steroid dienone is 4. The second-order valence-corrected chi connectivity index (χ2v) is 4.16. The second kappa shape index (κ2) is 10.6. The summed E-state index contributed by atoms with van der Waals surface area (Å²) in [6, 6.07) is 0. The number of rotatable bonds is 8. The first-order valence-electron chi connectivity index (χ1n) is 5.58. The summed E-state index contributed by atoms with van der Waals surface area (Å²) < 4.78 is 0. The summed E-state index contributed by atoms with van der Waals surface area (Å²) in [5.74, 6) is 0.598. The Balaban J connectivity index is 3.70. The Bertz CT molecular complexity index is 289. The maximum atomic E-state index is 8.11. The zero-order valence-corrected chi connectivity index (χ0v) is 10.9. The van der Waals surface area contributed by atoms with E-state index in [9.17, 15) is 0 Å². The fraction of sp³-hybridized carbons (Fsp3) is 0.667. The minimum atomic E-state index is 0.590. The van der Waals surface area contributed by atoms with Crippen LogP contribution in [0, 0.1) is 0 Å². The SMILES string of the molecule is CC(=CCCl)CCC=C(C)CCCN=[N+]=[N-]. The van der Waals surface area contributed by atoms with Crippen molar-refractivity contribution in [2.75, 3.05) is 12.4 Å². The lowest BCUT2D eigenvalue weighted by Crippen LogP contribution is -1.83. The number of halogens is 1. The van der Waals surface area contributed by atoms with Crippen LogP contribution in [0.1, 0.15) is 39.5 Å². The van der Waals surface area contributed by atoms with Gasteiger partial charge in [-0.1, -0.05) is 28.4 Å². The van der Waals surface area contributed by atoms with Gasteiger partial charge in [-0.05, 0) is 45.1 Å². The third kappa shape index (κ3) is 9.63. The highest BCUT2D eigenvalue weighted by molar-refractivity contribution is 6.18. The minimum Gasteiger partial charge on any atom is -0.122 e.